The molecule has 1 atom stereocenters. The van der Waals surface area contributed by atoms with E-state index in [0.29, 0.717) is 25.3 Å². The number of nitrogens with zero attached hydrogens (tertiary/aromatic N) is 4. The van der Waals surface area contributed by atoms with Gasteiger partial charge in [-0.3, -0.25) is 9.69 Å². The molecule has 0 bridgehead atoms. The molecular formula is C24H35N5O3S. The summed E-state index contributed by atoms with van der Waals surface area (Å²) in [7, 11) is 0.262. The summed E-state index contributed by atoms with van der Waals surface area (Å²) in [5.74, 6) is -0.263. The van der Waals surface area contributed by atoms with Crippen molar-refractivity contribution in [3.63, 3.8) is 0 Å². The van der Waals surface area contributed by atoms with Crippen molar-refractivity contribution < 1.29 is 13.2 Å². The summed E-state index contributed by atoms with van der Waals surface area (Å²) in [6.45, 7) is 5.72. The fourth-order valence-electron chi connectivity index (χ4n) is 4.60. The number of amides is 1. The van der Waals surface area contributed by atoms with Gasteiger partial charge in [0.05, 0.1) is 6.04 Å². The number of piperidine rings is 1. The molecule has 2 saturated heterocycles. The van der Waals surface area contributed by atoms with Crippen molar-refractivity contribution in [3.8, 4) is 0 Å². The Balaban J connectivity index is 1.52. The molecule has 33 heavy (non-hydrogen) atoms. The minimum atomic E-state index is -3.59. The molecule has 1 aromatic heterocycles. The van der Waals surface area contributed by atoms with Gasteiger partial charge in [-0.25, -0.2) is 8.42 Å². The Morgan fingerprint density at radius 2 is 1.64 bits per heavy atom. The standard InChI is InChI=1S/C24H35N5O3S/c1-26-13-15-28(16-14-26)19-22(20-9-5-3-6-10-20)25-24(30)23-17-21(18-27(23)2)33(31,32)29-11-7-4-8-12-29/h3,5-6,9-10,17-18,22H,4,7-8,11-16,19H2,1-2H3,(H,25,30). The molecule has 1 unspecified atom stereocenters. The zero-order chi connectivity index (χ0) is 23.4. The van der Waals surface area contributed by atoms with E-state index >= 15 is 0 Å². The predicted molar refractivity (Wildman–Crippen MR) is 129 cm³/mol. The van der Waals surface area contributed by atoms with Gasteiger partial charge in [0, 0.05) is 59.1 Å². The molecular weight excluding hydrogens is 438 g/mol. The molecule has 8 nitrogen and oxygen atoms in total. The summed E-state index contributed by atoms with van der Waals surface area (Å²) >= 11 is 0. The van der Waals surface area contributed by atoms with Crippen LogP contribution in [0.2, 0.25) is 0 Å². The first-order valence-electron chi connectivity index (χ1n) is 11.8. The molecule has 0 spiro atoms. The van der Waals surface area contributed by atoms with Gasteiger partial charge in [-0.05, 0) is 31.5 Å². The largest absolute Gasteiger partial charge is 0.345 e. The minimum Gasteiger partial charge on any atom is -0.345 e. The Hall–Kier alpha value is -2.20. The lowest BCUT2D eigenvalue weighted by atomic mass is 10.1. The second-order valence-corrected chi connectivity index (χ2v) is 11.1. The maximum atomic E-state index is 13.3. The van der Waals surface area contributed by atoms with Gasteiger partial charge in [0.2, 0.25) is 10.0 Å². The number of rotatable bonds is 7. The van der Waals surface area contributed by atoms with Crippen LogP contribution in [-0.4, -0.2) is 85.9 Å². The zero-order valence-electron chi connectivity index (χ0n) is 19.6. The Labute approximate surface area is 197 Å². The smallest absolute Gasteiger partial charge is 0.268 e. The lowest BCUT2D eigenvalue weighted by Gasteiger charge is -2.35. The molecule has 0 saturated carbocycles. The highest BCUT2D eigenvalue weighted by Crippen LogP contribution is 2.23. The molecule has 2 aliphatic heterocycles. The van der Waals surface area contributed by atoms with Crippen LogP contribution >= 0.6 is 0 Å². The van der Waals surface area contributed by atoms with Crippen molar-refractivity contribution >= 4 is 15.9 Å². The number of hydrogen-bond acceptors (Lipinski definition) is 5. The second kappa shape index (κ2) is 10.4. The normalized spacial score (nSPS) is 19.9. The zero-order valence-corrected chi connectivity index (χ0v) is 20.4. The number of nitrogens with one attached hydrogen (secondary N) is 1. The SMILES string of the molecule is CN1CCN(CC(NC(=O)c2cc(S(=O)(=O)N3CCCCC3)cn2C)c2ccccc2)CC1. The Morgan fingerprint density at radius 1 is 0.970 bits per heavy atom. The quantitative estimate of drug-likeness (QED) is 0.665. The first-order chi connectivity index (χ1) is 15.8. The lowest BCUT2D eigenvalue weighted by molar-refractivity contribution is 0.0899. The molecule has 3 heterocycles. The summed E-state index contributed by atoms with van der Waals surface area (Å²) in [5.41, 5.74) is 1.39. The van der Waals surface area contributed by atoms with Crippen molar-refractivity contribution in [1.82, 2.24) is 24.0 Å². The Morgan fingerprint density at radius 3 is 2.30 bits per heavy atom. The van der Waals surface area contributed by atoms with E-state index in [-0.39, 0.29) is 16.8 Å². The molecule has 2 fully saturated rings. The molecule has 4 rings (SSSR count). The van der Waals surface area contributed by atoms with Crippen molar-refractivity contribution in [2.24, 2.45) is 7.05 Å². The van der Waals surface area contributed by atoms with Gasteiger partial charge >= 0.3 is 0 Å². The van der Waals surface area contributed by atoms with Gasteiger partial charge in [0.25, 0.3) is 5.91 Å². The van der Waals surface area contributed by atoms with Crippen LogP contribution < -0.4 is 5.32 Å². The van der Waals surface area contributed by atoms with Crippen molar-refractivity contribution in [2.45, 2.75) is 30.2 Å². The number of hydrogen-bond donors (Lipinski definition) is 1. The van der Waals surface area contributed by atoms with E-state index in [1.165, 1.54) is 10.4 Å². The van der Waals surface area contributed by atoms with Crippen molar-refractivity contribution in [3.05, 3.63) is 53.9 Å². The molecule has 0 aliphatic carbocycles. The van der Waals surface area contributed by atoms with Crippen LogP contribution in [0.25, 0.3) is 0 Å². The second-order valence-electron chi connectivity index (χ2n) is 9.18. The average molecular weight is 474 g/mol. The van der Waals surface area contributed by atoms with Crippen LogP contribution in [0.1, 0.15) is 41.4 Å². The highest BCUT2D eigenvalue weighted by Gasteiger charge is 2.29. The maximum Gasteiger partial charge on any atom is 0.268 e. The van der Waals surface area contributed by atoms with Gasteiger partial charge in [-0.15, -0.1) is 0 Å². The third kappa shape index (κ3) is 5.66. The van der Waals surface area contributed by atoms with E-state index in [4.69, 9.17) is 0 Å². The monoisotopic (exact) mass is 473 g/mol. The molecule has 180 valence electrons. The van der Waals surface area contributed by atoms with E-state index in [2.05, 4.69) is 22.2 Å². The topological polar surface area (TPSA) is 77.9 Å². The number of likely N-dealkylation sites (N-methyl/N-ethyl adjacent to an activating group) is 1. The summed E-state index contributed by atoms with van der Waals surface area (Å²) in [4.78, 5) is 18.2. The number of aromatic nitrogens is 1. The lowest BCUT2D eigenvalue weighted by Crippen LogP contribution is -2.48. The molecule has 1 aromatic carbocycles. The van der Waals surface area contributed by atoms with Crippen LogP contribution in [0.3, 0.4) is 0 Å². The molecule has 1 amide bonds. The minimum absolute atomic E-state index is 0.181. The molecule has 1 N–H and O–H groups in total. The number of carbonyl (C=O) groups is 1. The molecule has 9 heteroatoms. The summed E-state index contributed by atoms with van der Waals surface area (Å²) in [6, 6.07) is 11.3. The third-order valence-electron chi connectivity index (χ3n) is 6.71. The van der Waals surface area contributed by atoms with Crippen LogP contribution in [0.4, 0.5) is 0 Å². The third-order valence-corrected chi connectivity index (χ3v) is 8.57. The van der Waals surface area contributed by atoms with Crippen LogP contribution in [0, 0.1) is 0 Å². The number of sulfonamides is 1. The predicted octanol–water partition coefficient (Wildman–Crippen LogP) is 1.92. The molecule has 2 aromatic rings. The van der Waals surface area contributed by atoms with E-state index in [1.807, 2.05) is 30.3 Å². The molecule has 0 radical (unpaired) electrons. The molecule has 2 aliphatic rings. The first kappa shape index (κ1) is 23.9. The van der Waals surface area contributed by atoms with Crippen molar-refractivity contribution in [2.75, 3.05) is 52.9 Å². The van der Waals surface area contributed by atoms with Gasteiger partial charge in [-0.1, -0.05) is 36.8 Å². The fraction of sp³-hybridized carbons (Fsp3) is 0.542. The number of carbonyl (C=O) groups excluding carboxylic acids is 1. The first-order valence-corrected chi connectivity index (χ1v) is 13.2. The number of piperazine rings is 1. The maximum absolute atomic E-state index is 13.3. The van der Waals surface area contributed by atoms with Crippen LogP contribution in [0.15, 0.2) is 47.5 Å². The average Bonchev–Trinajstić information content (AvgIpc) is 3.24. The summed E-state index contributed by atoms with van der Waals surface area (Å²) < 4.78 is 29.3. The van der Waals surface area contributed by atoms with Crippen LogP contribution in [-0.2, 0) is 17.1 Å². The van der Waals surface area contributed by atoms with E-state index in [9.17, 15) is 13.2 Å². The van der Waals surface area contributed by atoms with E-state index in [0.717, 1.165) is 51.0 Å². The van der Waals surface area contributed by atoms with Gasteiger partial charge < -0.3 is 14.8 Å². The van der Waals surface area contributed by atoms with Gasteiger partial charge in [-0.2, -0.15) is 4.31 Å². The highest BCUT2D eigenvalue weighted by molar-refractivity contribution is 7.89. The fourth-order valence-corrected chi connectivity index (χ4v) is 6.18. The van der Waals surface area contributed by atoms with Crippen LogP contribution in [0.5, 0.6) is 0 Å². The van der Waals surface area contributed by atoms with E-state index in [1.54, 1.807) is 17.8 Å². The summed E-state index contributed by atoms with van der Waals surface area (Å²) in [6.07, 6.45) is 4.37. The Bertz CT molecular complexity index is 1040. The number of aryl methyl sites for hydroxylation is 1. The van der Waals surface area contributed by atoms with Crippen molar-refractivity contribution in [1.29, 1.82) is 0 Å². The van der Waals surface area contributed by atoms with Gasteiger partial charge in [0.1, 0.15) is 10.6 Å². The highest BCUT2D eigenvalue weighted by atomic mass is 32.2. The van der Waals surface area contributed by atoms with E-state index < -0.39 is 10.0 Å². The summed E-state index contributed by atoms with van der Waals surface area (Å²) in [5, 5.41) is 3.17. The number of benzene rings is 1. The van der Waals surface area contributed by atoms with Gasteiger partial charge in [0.15, 0.2) is 0 Å². The Kier molecular flexibility index (Phi) is 7.53.